The van der Waals surface area contributed by atoms with E-state index < -0.39 is 0 Å². The number of para-hydroxylation sites is 1. The van der Waals surface area contributed by atoms with Crippen molar-refractivity contribution < 1.29 is 4.79 Å². The lowest BCUT2D eigenvalue weighted by atomic mass is 9.97. The van der Waals surface area contributed by atoms with Crippen LogP contribution in [0.4, 0.5) is 0 Å². The summed E-state index contributed by atoms with van der Waals surface area (Å²) >= 11 is 6.33. The van der Waals surface area contributed by atoms with Gasteiger partial charge in [-0.05, 0) is 44.7 Å². The minimum absolute atomic E-state index is 0. The Kier molecular flexibility index (Phi) is 7.65. The SMILES string of the molecule is CCCc1nc(C(=O)N2CCCCC2C(C)N)nn1-c1ccccc1Cl.Cl. The summed E-state index contributed by atoms with van der Waals surface area (Å²) in [6, 6.07) is 7.44. The van der Waals surface area contributed by atoms with Crippen LogP contribution in [0.25, 0.3) is 5.69 Å². The molecule has 1 fully saturated rings. The zero-order valence-corrected chi connectivity index (χ0v) is 17.3. The number of carbonyl (C=O) groups excluding carboxylic acids is 1. The van der Waals surface area contributed by atoms with Gasteiger partial charge in [-0.2, -0.15) is 0 Å². The molecule has 27 heavy (non-hydrogen) atoms. The zero-order chi connectivity index (χ0) is 18.7. The number of hydrogen-bond acceptors (Lipinski definition) is 4. The molecule has 1 amide bonds. The van der Waals surface area contributed by atoms with Crippen LogP contribution in [0.15, 0.2) is 24.3 Å². The lowest BCUT2D eigenvalue weighted by molar-refractivity contribution is 0.0571. The molecule has 2 atom stereocenters. The Morgan fingerprint density at radius 1 is 1.37 bits per heavy atom. The number of nitrogens with zero attached hydrogens (tertiary/aromatic N) is 4. The van der Waals surface area contributed by atoms with Crippen molar-refractivity contribution in [2.24, 2.45) is 5.73 Å². The third-order valence-electron chi connectivity index (χ3n) is 4.84. The van der Waals surface area contributed by atoms with Crippen molar-refractivity contribution >= 4 is 29.9 Å². The molecular weight excluding hydrogens is 385 g/mol. The maximum atomic E-state index is 13.1. The Bertz CT molecular complexity index is 777. The first-order chi connectivity index (χ1) is 12.5. The van der Waals surface area contributed by atoms with E-state index in [4.69, 9.17) is 17.3 Å². The molecule has 1 saturated heterocycles. The van der Waals surface area contributed by atoms with E-state index in [9.17, 15) is 4.79 Å². The van der Waals surface area contributed by atoms with Crippen LogP contribution in [-0.4, -0.2) is 44.2 Å². The van der Waals surface area contributed by atoms with E-state index in [0.29, 0.717) is 11.6 Å². The second-order valence-corrected chi connectivity index (χ2v) is 7.29. The van der Waals surface area contributed by atoms with Gasteiger partial charge in [-0.15, -0.1) is 17.5 Å². The van der Waals surface area contributed by atoms with E-state index in [1.165, 1.54) is 0 Å². The first kappa shape index (κ1) is 21.7. The molecule has 3 rings (SSSR count). The summed E-state index contributed by atoms with van der Waals surface area (Å²) < 4.78 is 1.70. The van der Waals surface area contributed by atoms with Gasteiger partial charge in [-0.25, -0.2) is 9.67 Å². The average Bonchev–Trinajstić information content (AvgIpc) is 3.05. The van der Waals surface area contributed by atoms with E-state index in [1.807, 2.05) is 36.1 Å². The molecule has 2 aromatic rings. The van der Waals surface area contributed by atoms with Crippen molar-refractivity contribution in [2.45, 2.75) is 58.0 Å². The van der Waals surface area contributed by atoms with Crippen LogP contribution < -0.4 is 5.73 Å². The van der Waals surface area contributed by atoms with E-state index in [0.717, 1.165) is 43.6 Å². The maximum absolute atomic E-state index is 13.1. The first-order valence-electron chi connectivity index (χ1n) is 9.30. The second kappa shape index (κ2) is 9.53. The normalized spacial score (nSPS) is 18.1. The Labute approximate surface area is 171 Å². The molecular formula is C19H27Cl2N5O. The fourth-order valence-corrected chi connectivity index (χ4v) is 3.74. The molecule has 2 unspecified atom stereocenters. The summed E-state index contributed by atoms with van der Waals surface area (Å²) in [7, 11) is 0. The Morgan fingerprint density at radius 3 is 2.78 bits per heavy atom. The molecule has 8 heteroatoms. The summed E-state index contributed by atoms with van der Waals surface area (Å²) in [5.74, 6) is 0.828. The Balaban J connectivity index is 0.00000261. The highest BCUT2D eigenvalue weighted by molar-refractivity contribution is 6.32. The number of likely N-dealkylation sites (tertiary alicyclic amines) is 1. The van der Waals surface area contributed by atoms with Crippen LogP contribution in [0.5, 0.6) is 0 Å². The summed E-state index contributed by atoms with van der Waals surface area (Å²) in [5, 5.41) is 5.10. The van der Waals surface area contributed by atoms with Gasteiger partial charge in [-0.1, -0.05) is 30.7 Å². The van der Waals surface area contributed by atoms with Crippen LogP contribution in [-0.2, 0) is 6.42 Å². The van der Waals surface area contributed by atoms with Crippen LogP contribution in [0.3, 0.4) is 0 Å². The Hall–Kier alpha value is -1.63. The van der Waals surface area contributed by atoms with Gasteiger partial charge in [-0.3, -0.25) is 4.79 Å². The third kappa shape index (κ3) is 4.62. The summed E-state index contributed by atoms with van der Waals surface area (Å²) in [6.07, 6.45) is 4.64. The molecule has 1 aliphatic rings. The number of aromatic nitrogens is 3. The predicted molar refractivity (Wildman–Crippen MR) is 110 cm³/mol. The van der Waals surface area contributed by atoms with E-state index in [1.54, 1.807) is 4.68 Å². The van der Waals surface area contributed by atoms with E-state index >= 15 is 0 Å². The van der Waals surface area contributed by atoms with Crippen molar-refractivity contribution in [1.29, 1.82) is 0 Å². The topological polar surface area (TPSA) is 77.0 Å². The number of piperidine rings is 1. The fraction of sp³-hybridized carbons (Fsp3) is 0.526. The highest BCUT2D eigenvalue weighted by Crippen LogP contribution is 2.23. The molecule has 2 N–H and O–H groups in total. The average molecular weight is 412 g/mol. The van der Waals surface area contributed by atoms with Crippen LogP contribution in [0, 0.1) is 0 Å². The quantitative estimate of drug-likeness (QED) is 0.814. The monoisotopic (exact) mass is 411 g/mol. The minimum Gasteiger partial charge on any atom is -0.331 e. The van der Waals surface area contributed by atoms with Gasteiger partial charge in [0.15, 0.2) is 0 Å². The van der Waals surface area contributed by atoms with Crippen LogP contribution in [0.2, 0.25) is 5.02 Å². The number of hydrogen-bond donors (Lipinski definition) is 1. The van der Waals surface area contributed by atoms with Crippen molar-refractivity contribution in [3.8, 4) is 5.69 Å². The zero-order valence-electron chi connectivity index (χ0n) is 15.8. The summed E-state index contributed by atoms with van der Waals surface area (Å²) in [6.45, 7) is 4.73. The van der Waals surface area contributed by atoms with Crippen molar-refractivity contribution in [1.82, 2.24) is 19.7 Å². The number of benzene rings is 1. The molecule has 1 aromatic carbocycles. The molecule has 0 spiro atoms. The van der Waals surface area contributed by atoms with Crippen molar-refractivity contribution in [3.63, 3.8) is 0 Å². The third-order valence-corrected chi connectivity index (χ3v) is 5.16. The van der Waals surface area contributed by atoms with Gasteiger partial charge in [0.25, 0.3) is 5.91 Å². The maximum Gasteiger partial charge on any atom is 0.293 e. The number of halogens is 2. The fourth-order valence-electron chi connectivity index (χ4n) is 3.52. The molecule has 2 heterocycles. The number of nitrogens with two attached hydrogens (primary N) is 1. The minimum atomic E-state index is -0.143. The molecule has 148 valence electrons. The molecule has 1 aliphatic heterocycles. The van der Waals surface area contributed by atoms with Crippen LogP contribution >= 0.6 is 24.0 Å². The number of rotatable bonds is 5. The molecule has 0 saturated carbocycles. The van der Waals surface area contributed by atoms with E-state index in [2.05, 4.69) is 17.0 Å². The molecule has 0 radical (unpaired) electrons. The molecule has 0 aliphatic carbocycles. The highest BCUT2D eigenvalue weighted by atomic mass is 35.5. The van der Waals surface area contributed by atoms with Gasteiger partial charge in [0.1, 0.15) is 5.82 Å². The van der Waals surface area contributed by atoms with Crippen molar-refractivity contribution in [3.05, 3.63) is 40.9 Å². The number of aryl methyl sites for hydroxylation is 1. The smallest absolute Gasteiger partial charge is 0.293 e. The van der Waals surface area contributed by atoms with Gasteiger partial charge in [0.05, 0.1) is 10.7 Å². The summed E-state index contributed by atoms with van der Waals surface area (Å²) in [5.41, 5.74) is 6.85. The lowest BCUT2D eigenvalue weighted by Gasteiger charge is -2.37. The lowest BCUT2D eigenvalue weighted by Crippen LogP contribution is -2.51. The van der Waals surface area contributed by atoms with E-state index in [-0.39, 0.29) is 36.2 Å². The van der Waals surface area contributed by atoms with Crippen LogP contribution in [0.1, 0.15) is 56.0 Å². The van der Waals surface area contributed by atoms with Gasteiger partial charge >= 0.3 is 0 Å². The van der Waals surface area contributed by atoms with Gasteiger partial charge < -0.3 is 10.6 Å². The number of amides is 1. The Morgan fingerprint density at radius 2 is 2.11 bits per heavy atom. The molecule has 1 aromatic heterocycles. The second-order valence-electron chi connectivity index (χ2n) is 6.89. The number of carbonyl (C=O) groups is 1. The predicted octanol–water partition coefficient (Wildman–Crippen LogP) is 3.64. The first-order valence-corrected chi connectivity index (χ1v) is 9.68. The van der Waals surface area contributed by atoms with Gasteiger partial charge in [0, 0.05) is 25.0 Å². The molecule has 0 bridgehead atoms. The summed E-state index contributed by atoms with van der Waals surface area (Å²) in [4.78, 5) is 19.5. The van der Waals surface area contributed by atoms with Crippen molar-refractivity contribution in [2.75, 3.05) is 6.54 Å². The van der Waals surface area contributed by atoms with Gasteiger partial charge in [0.2, 0.25) is 5.82 Å². The standard InChI is InChI=1S/C19H26ClN5O.ClH/c1-3-8-17-22-18(23-25(17)16-11-5-4-9-14(16)20)19(26)24-12-7-6-10-15(24)13(2)21;/h4-5,9,11,13,15H,3,6-8,10,12,21H2,1-2H3;1H. The molecule has 6 nitrogen and oxygen atoms in total. The highest BCUT2D eigenvalue weighted by Gasteiger charge is 2.32. The largest absolute Gasteiger partial charge is 0.331 e.